The first-order chi connectivity index (χ1) is 13.1. The summed E-state index contributed by atoms with van der Waals surface area (Å²) in [5.41, 5.74) is 4.95. The Morgan fingerprint density at radius 3 is 2.46 bits per heavy atom. The average molecular weight is 390 g/mol. The molecule has 0 aromatic heterocycles. The number of nitriles is 1. The van der Waals surface area contributed by atoms with Gasteiger partial charge in [-0.2, -0.15) is 5.26 Å². The summed E-state index contributed by atoms with van der Waals surface area (Å²) in [6.45, 7) is 10.1. The quantitative estimate of drug-likeness (QED) is 0.717. The molecule has 0 saturated carbocycles. The lowest BCUT2D eigenvalue weighted by molar-refractivity contribution is -0.158. The van der Waals surface area contributed by atoms with E-state index in [-0.39, 0.29) is 42.4 Å². The SMILES string of the molecule is CCOC(=O)CC1(C(=O)OCC)C(C#N)=C(N)OC2=C1CC(C(C)(C)C)CC2. The van der Waals surface area contributed by atoms with Gasteiger partial charge < -0.3 is 19.9 Å². The topological polar surface area (TPSA) is 112 Å². The molecule has 1 aliphatic heterocycles. The van der Waals surface area contributed by atoms with Crippen LogP contribution in [0.3, 0.4) is 0 Å². The van der Waals surface area contributed by atoms with Gasteiger partial charge in [0.15, 0.2) is 0 Å². The molecule has 2 N–H and O–H groups in total. The Hall–Kier alpha value is -2.49. The van der Waals surface area contributed by atoms with Crippen molar-refractivity contribution >= 4 is 11.9 Å². The Kier molecular flexibility index (Phi) is 6.43. The van der Waals surface area contributed by atoms with Gasteiger partial charge in [0.1, 0.15) is 22.8 Å². The molecule has 2 unspecified atom stereocenters. The van der Waals surface area contributed by atoms with Crippen LogP contribution in [0.15, 0.2) is 22.8 Å². The fourth-order valence-corrected chi connectivity index (χ4v) is 4.05. The predicted octanol–water partition coefficient (Wildman–Crippen LogP) is 3.31. The van der Waals surface area contributed by atoms with Gasteiger partial charge in [-0.15, -0.1) is 0 Å². The number of esters is 2. The van der Waals surface area contributed by atoms with Crippen LogP contribution in [0.2, 0.25) is 0 Å². The molecule has 28 heavy (non-hydrogen) atoms. The van der Waals surface area contributed by atoms with Crippen molar-refractivity contribution in [2.75, 3.05) is 13.2 Å². The van der Waals surface area contributed by atoms with Crippen molar-refractivity contribution in [1.29, 1.82) is 5.26 Å². The average Bonchev–Trinajstić information content (AvgIpc) is 2.60. The van der Waals surface area contributed by atoms with E-state index in [2.05, 4.69) is 20.8 Å². The monoisotopic (exact) mass is 390 g/mol. The van der Waals surface area contributed by atoms with Crippen molar-refractivity contribution < 1.29 is 23.8 Å². The van der Waals surface area contributed by atoms with E-state index >= 15 is 0 Å². The highest BCUT2D eigenvalue weighted by Gasteiger charge is 2.56. The minimum Gasteiger partial charge on any atom is -0.466 e. The van der Waals surface area contributed by atoms with E-state index in [4.69, 9.17) is 19.9 Å². The Morgan fingerprint density at radius 1 is 1.29 bits per heavy atom. The zero-order chi connectivity index (χ0) is 21.1. The van der Waals surface area contributed by atoms with E-state index in [0.29, 0.717) is 24.2 Å². The van der Waals surface area contributed by atoms with Crippen LogP contribution >= 0.6 is 0 Å². The van der Waals surface area contributed by atoms with Crippen molar-refractivity contribution in [2.24, 2.45) is 22.5 Å². The third kappa shape index (κ3) is 3.87. The Balaban J connectivity index is 2.67. The summed E-state index contributed by atoms with van der Waals surface area (Å²) in [4.78, 5) is 25.7. The molecule has 0 saturated heterocycles. The van der Waals surface area contributed by atoms with Crippen LogP contribution < -0.4 is 5.73 Å². The molecule has 2 aliphatic rings. The minimum absolute atomic E-state index is 0.0115. The molecule has 2 rings (SSSR count). The van der Waals surface area contributed by atoms with Crippen molar-refractivity contribution in [3.05, 3.63) is 22.8 Å². The zero-order valence-electron chi connectivity index (χ0n) is 17.4. The summed E-state index contributed by atoms with van der Waals surface area (Å²) in [5, 5.41) is 9.82. The number of nitrogens with zero attached hydrogens (tertiary/aromatic N) is 1. The molecule has 7 heteroatoms. The fraction of sp³-hybridized carbons (Fsp3) is 0.667. The molecule has 0 aromatic carbocycles. The van der Waals surface area contributed by atoms with E-state index in [1.807, 2.05) is 6.07 Å². The molecule has 0 fully saturated rings. The highest BCUT2D eigenvalue weighted by Crippen LogP contribution is 2.54. The molecule has 0 bridgehead atoms. The predicted molar refractivity (Wildman–Crippen MR) is 102 cm³/mol. The molecule has 0 amide bonds. The first kappa shape index (κ1) is 21.8. The summed E-state index contributed by atoms with van der Waals surface area (Å²) in [5.74, 6) is -0.567. The molecule has 7 nitrogen and oxygen atoms in total. The highest BCUT2D eigenvalue weighted by molar-refractivity contribution is 5.91. The second kappa shape index (κ2) is 8.26. The van der Waals surface area contributed by atoms with Gasteiger partial charge in [-0.1, -0.05) is 20.8 Å². The molecule has 2 atom stereocenters. The molecule has 0 spiro atoms. The number of hydrogen-bond donors (Lipinski definition) is 1. The Bertz CT molecular complexity index is 754. The van der Waals surface area contributed by atoms with Gasteiger partial charge in [0, 0.05) is 6.42 Å². The van der Waals surface area contributed by atoms with Gasteiger partial charge in [0.05, 0.1) is 19.6 Å². The number of ether oxygens (including phenoxy) is 3. The highest BCUT2D eigenvalue weighted by atomic mass is 16.5. The molecular formula is C21H30N2O5. The summed E-state index contributed by atoms with van der Waals surface area (Å²) < 4.78 is 16.2. The van der Waals surface area contributed by atoms with Crippen LogP contribution in [0, 0.1) is 28.1 Å². The van der Waals surface area contributed by atoms with Crippen LogP contribution in [0.5, 0.6) is 0 Å². The summed E-state index contributed by atoms with van der Waals surface area (Å²) in [6, 6.07) is 2.00. The van der Waals surface area contributed by atoms with Crippen molar-refractivity contribution in [3.8, 4) is 6.07 Å². The molecule has 0 aromatic rings. The summed E-state index contributed by atoms with van der Waals surface area (Å²) >= 11 is 0. The zero-order valence-corrected chi connectivity index (χ0v) is 17.4. The summed E-state index contributed by atoms with van der Waals surface area (Å²) in [7, 11) is 0. The Morgan fingerprint density at radius 2 is 1.93 bits per heavy atom. The number of allylic oxidation sites excluding steroid dienone is 1. The maximum atomic E-state index is 13.2. The van der Waals surface area contributed by atoms with Crippen LogP contribution in [0.1, 0.15) is 60.3 Å². The maximum absolute atomic E-state index is 13.2. The lowest BCUT2D eigenvalue weighted by atomic mass is 9.62. The molecule has 1 heterocycles. The summed E-state index contributed by atoms with van der Waals surface area (Å²) in [6.07, 6.45) is 1.65. The van der Waals surface area contributed by atoms with E-state index in [9.17, 15) is 14.9 Å². The maximum Gasteiger partial charge on any atom is 0.322 e. The van der Waals surface area contributed by atoms with E-state index in [0.717, 1.165) is 6.42 Å². The van der Waals surface area contributed by atoms with Gasteiger partial charge in [-0.3, -0.25) is 9.59 Å². The minimum atomic E-state index is -1.60. The number of rotatable bonds is 5. The Labute approximate surface area is 166 Å². The third-order valence-corrected chi connectivity index (χ3v) is 5.60. The fourth-order valence-electron chi connectivity index (χ4n) is 4.05. The lowest BCUT2D eigenvalue weighted by Gasteiger charge is -2.44. The van der Waals surface area contributed by atoms with Gasteiger partial charge >= 0.3 is 11.9 Å². The number of nitrogens with two attached hydrogens (primary N) is 1. The normalized spacial score (nSPS) is 24.8. The van der Waals surface area contributed by atoms with Crippen LogP contribution in [-0.2, 0) is 23.8 Å². The number of hydrogen-bond acceptors (Lipinski definition) is 7. The van der Waals surface area contributed by atoms with Gasteiger partial charge in [-0.25, -0.2) is 0 Å². The smallest absolute Gasteiger partial charge is 0.322 e. The largest absolute Gasteiger partial charge is 0.466 e. The number of carbonyl (C=O) groups is 2. The molecular weight excluding hydrogens is 360 g/mol. The van der Waals surface area contributed by atoms with Crippen LogP contribution in [0.4, 0.5) is 0 Å². The molecule has 0 radical (unpaired) electrons. The lowest BCUT2D eigenvalue weighted by Crippen LogP contribution is -2.45. The van der Waals surface area contributed by atoms with Crippen molar-refractivity contribution in [1.82, 2.24) is 0 Å². The third-order valence-electron chi connectivity index (χ3n) is 5.60. The van der Waals surface area contributed by atoms with Crippen molar-refractivity contribution in [3.63, 3.8) is 0 Å². The van der Waals surface area contributed by atoms with Crippen LogP contribution in [-0.4, -0.2) is 25.2 Å². The number of carbonyl (C=O) groups excluding carboxylic acids is 2. The second-order valence-corrected chi connectivity index (χ2v) is 8.27. The standard InChI is InChI=1S/C21H30N2O5/c1-6-26-17(24)11-21(19(25)27-7-2)14-10-13(20(3,4)5)8-9-16(14)28-18(23)15(21)12-22/h13H,6-11,23H2,1-5H3. The van der Waals surface area contributed by atoms with Gasteiger partial charge in [0.2, 0.25) is 5.88 Å². The van der Waals surface area contributed by atoms with Crippen LogP contribution in [0.25, 0.3) is 0 Å². The van der Waals surface area contributed by atoms with Gasteiger partial charge in [0.25, 0.3) is 0 Å². The van der Waals surface area contributed by atoms with Crippen molar-refractivity contribution in [2.45, 2.75) is 60.3 Å². The van der Waals surface area contributed by atoms with E-state index in [1.54, 1.807) is 13.8 Å². The van der Waals surface area contributed by atoms with Gasteiger partial charge in [-0.05, 0) is 43.6 Å². The second-order valence-electron chi connectivity index (χ2n) is 8.27. The first-order valence-electron chi connectivity index (χ1n) is 9.75. The molecule has 154 valence electrons. The van der Waals surface area contributed by atoms with E-state index in [1.165, 1.54) is 0 Å². The van der Waals surface area contributed by atoms with E-state index < -0.39 is 17.4 Å². The first-order valence-corrected chi connectivity index (χ1v) is 9.75. The molecule has 1 aliphatic carbocycles.